The highest BCUT2D eigenvalue weighted by molar-refractivity contribution is 7.89. The Labute approximate surface area is 140 Å². The molecule has 1 amide bonds. The highest BCUT2D eigenvalue weighted by Crippen LogP contribution is 2.20. The largest absolute Gasteiger partial charge is 0.494 e. The number of ether oxygens (including phenoxy) is 2. The molecule has 2 atom stereocenters. The van der Waals surface area contributed by atoms with E-state index in [1.54, 1.807) is 0 Å². The number of sulfonamides is 1. The van der Waals surface area contributed by atoms with Gasteiger partial charge in [-0.05, 0) is 18.2 Å². The number of carbonyl (C=O) groups excluding carboxylic acids is 1. The number of hydrogen-bond acceptors (Lipinski definition) is 5. The predicted octanol–water partition coefficient (Wildman–Crippen LogP) is 0.470. The van der Waals surface area contributed by atoms with Gasteiger partial charge in [0.2, 0.25) is 10.0 Å². The predicted molar refractivity (Wildman–Crippen MR) is 86.0 cm³/mol. The highest BCUT2D eigenvalue weighted by Gasteiger charge is 2.34. The second kappa shape index (κ2) is 7.45. The van der Waals surface area contributed by atoms with Gasteiger partial charge in [0.15, 0.2) is 11.6 Å². The lowest BCUT2D eigenvalue weighted by molar-refractivity contribution is 0.0925. The molecule has 0 aliphatic carbocycles. The molecule has 7 nitrogen and oxygen atoms in total. The van der Waals surface area contributed by atoms with Crippen LogP contribution in [0.3, 0.4) is 0 Å². The molecule has 1 aliphatic rings. The van der Waals surface area contributed by atoms with E-state index in [0.29, 0.717) is 0 Å². The Kier molecular flexibility index (Phi) is 5.79. The number of hydrogen-bond donors (Lipinski definition) is 1. The maximum Gasteiger partial charge on any atom is 0.251 e. The van der Waals surface area contributed by atoms with Crippen LogP contribution < -0.4 is 10.1 Å². The first kappa shape index (κ1) is 18.6. The zero-order chi connectivity index (χ0) is 17.9. The van der Waals surface area contributed by atoms with Crippen molar-refractivity contribution in [2.75, 3.05) is 40.2 Å². The van der Waals surface area contributed by atoms with E-state index in [0.717, 1.165) is 10.4 Å². The van der Waals surface area contributed by atoms with Crippen molar-refractivity contribution in [3.63, 3.8) is 0 Å². The fourth-order valence-corrected chi connectivity index (χ4v) is 3.57. The summed E-state index contributed by atoms with van der Waals surface area (Å²) in [4.78, 5) is 12.3. The van der Waals surface area contributed by atoms with Crippen LogP contribution in [-0.2, 0) is 14.8 Å². The second-order valence-corrected chi connectivity index (χ2v) is 8.02. The summed E-state index contributed by atoms with van der Waals surface area (Å²) in [5, 5.41) is 2.72. The van der Waals surface area contributed by atoms with Gasteiger partial charge < -0.3 is 14.8 Å². The first-order chi connectivity index (χ1) is 11.2. The number of amides is 1. The van der Waals surface area contributed by atoms with Gasteiger partial charge in [0.05, 0.1) is 32.1 Å². The van der Waals surface area contributed by atoms with E-state index in [1.165, 1.54) is 33.3 Å². The number of methoxy groups -OCH3 is 1. The third-order valence-corrected chi connectivity index (χ3v) is 5.87. The summed E-state index contributed by atoms with van der Waals surface area (Å²) < 4.78 is 48.9. The van der Waals surface area contributed by atoms with Gasteiger partial charge >= 0.3 is 0 Å². The van der Waals surface area contributed by atoms with Gasteiger partial charge in [0.25, 0.3) is 5.91 Å². The first-order valence-electron chi connectivity index (χ1n) is 7.37. The molecule has 9 heteroatoms. The number of carbonyl (C=O) groups is 1. The number of nitrogens with zero attached hydrogens (tertiary/aromatic N) is 1. The van der Waals surface area contributed by atoms with Crippen LogP contribution in [0.4, 0.5) is 4.39 Å². The van der Waals surface area contributed by atoms with E-state index >= 15 is 0 Å². The molecule has 0 unspecified atom stereocenters. The van der Waals surface area contributed by atoms with Crippen molar-refractivity contribution in [3.8, 4) is 5.75 Å². The van der Waals surface area contributed by atoms with Crippen molar-refractivity contribution >= 4 is 15.9 Å². The van der Waals surface area contributed by atoms with Crippen LogP contribution in [0.2, 0.25) is 0 Å². The third-order valence-electron chi connectivity index (χ3n) is 3.91. The molecule has 24 heavy (non-hydrogen) atoms. The molecular weight excluding hydrogens is 339 g/mol. The van der Waals surface area contributed by atoms with Crippen molar-refractivity contribution in [1.82, 2.24) is 9.62 Å². The van der Waals surface area contributed by atoms with Crippen LogP contribution in [0.15, 0.2) is 18.2 Å². The van der Waals surface area contributed by atoms with Crippen LogP contribution in [-0.4, -0.2) is 64.8 Å². The topological polar surface area (TPSA) is 84.9 Å². The van der Waals surface area contributed by atoms with E-state index in [-0.39, 0.29) is 36.2 Å². The van der Waals surface area contributed by atoms with Gasteiger partial charge in [-0.2, -0.15) is 0 Å². The van der Waals surface area contributed by atoms with E-state index < -0.39 is 27.8 Å². The van der Waals surface area contributed by atoms with E-state index in [1.807, 2.05) is 0 Å². The van der Waals surface area contributed by atoms with Gasteiger partial charge in [-0.25, -0.2) is 17.1 Å². The van der Waals surface area contributed by atoms with Crippen molar-refractivity contribution in [2.24, 2.45) is 5.92 Å². The zero-order valence-corrected chi connectivity index (χ0v) is 14.6. The molecule has 1 fully saturated rings. The van der Waals surface area contributed by atoms with Crippen molar-refractivity contribution in [1.29, 1.82) is 0 Å². The Morgan fingerprint density at radius 1 is 1.42 bits per heavy atom. The van der Waals surface area contributed by atoms with Crippen molar-refractivity contribution < 1.29 is 27.1 Å². The van der Waals surface area contributed by atoms with Crippen LogP contribution in [0, 0.1) is 11.7 Å². The maximum atomic E-state index is 13.7. The van der Waals surface area contributed by atoms with Crippen LogP contribution in [0.25, 0.3) is 0 Å². The highest BCUT2D eigenvalue weighted by atomic mass is 32.2. The molecule has 1 aromatic rings. The number of nitrogens with one attached hydrogen (secondary N) is 1. The summed E-state index contributed by atoms with van der Waals surface area (Å²) in [7, 11) is 0.846. The SMILES string of the molecule is COc1ccc(C(=O)N[C@@H]2COC[C@H]2CS(=O)(=O)N(C)C)cc1F. The van der Waals surface area contributed by atoms with Gasteiger partial charge in [-0.1, -0.05) is 0 Å². The molecule has 0 radical (unpaired) electrons. The summed E-state index contributed by atoms with van der Waals surface area (Å²) in [5.74, 6) is -1.56. The average molecular weight is 360 g/mol. The minimum atomic E-state index is -3.41. The first-order valence-corrected chi connectivity index (χ1v) is 8.98. The Morgan fingerprint density at radius 3 is 2.71 bits per heavy atom. The van der Waals surface area contributed by atoms with Gasteiger partial charge in [0, 0.05) is 25.6 Å². The summed E-state index contributed by atoms with van der Waals surface area (Å²) >= 11 is 0. The fourth-order valence-electron chi connectivity index (χ4n) is 2.40. The Balaban J connectivity index is 2.06. The zero-order valence-electron chi connectivity index (χ0n) is 13.8. The lowest BCUT2D eigenvalue weighted by Gasteiger charge is -2.21. The number of rotatable bonds is 6. The molecule has 1 aliphatic heterocycles. The van der Waals surface area contributed by atoms with Crippen LogP contribution in [0.5, 0.6) is 5.75 Å². The standard InChI is InChI=1S/C15H21FN2O5S/c1-18(2)24(20,21)9-11-7-23-8-13(11)17-15(19)10-4-5-14(22-3)12(16)6-10/h4-6,11,13H,7-9H2,1-3H3,(H,17,19)/t11-,13+/m0/s1. The third kappa shape index (κ3) is 4.22. The minimum Gasteiger partial charge on any atom is -0.494 e. The van der Waals surface area contributed by atoms with Gasteiger partial charge in [-0.3, -0.25) is 4.79 Å². The number of halogens is 1. The van der Waals surface area contributed by atoms with Crippen LogP contribution in [0.1, 0.15) is 10.4 Å². The molecule has 2 rings (SSSR count). The molecule has 134 valence electrons. The molecule has 1 heterocycles. The monoisotopic (exact) mass is 360 g/mol. The van der Waals surface area contributed by atoms with E-state index in [2.05, 4.69) is 5.32 Å². The number of benzene rings is 1. The fraction of sp³-hybridized carbons (Fsp3) is 0.533. The van der Waals surface area contributed by atoms with Gasteiger partial charge in [0.1, 0.15) is 0 Å². The lowest BCUT2D eigenvalue weighted by atomic mass is 10.1. The Bertz CT molecular complexity index is 708. The summed E-state index contributed by atoms with van der Waals surface area (Å²) in [5.41, 5.74) is 0.134. The normalized spacial score (nSPS) is 21.0. The molecule has 0 bridgehead atoms. The molecule has 1 aromatic carbocycles. The lowest BCUT2D eigenvalue weighted by Crippen LogP contribution is -2.43. The smallest absolute Gasteiger partial charge is 0.251 e. The quantitative estimate of drug-likeness (QED) is 0.797. The molecule has 0 saturated carbocycles. The van der Waals surface area contributed by atoms with Gasteiger partial charge in [-0.15, -0.1) is 0 Å². The van der Waals surface area contributed by atoms with Crippen molar-refractivity contribution in [2.45, 2.75) is 6.04 Å². The summed E-state index contributed by atoms with van der Waals surface area (Å²) in [6, 6.07) is 3.44. The van der Waals surface area contributed by atoms with Crippen molar-refractivity contribution in [3.05, 3.63) is 29.6 Å². The van der Waals surface area contributed by atoms with E-state index in [4.69, 9.17) is 9.47 Å². The molecular formula is C15H21FN2O5S. The van der Waals surface area contributed by atoms with E-state index in [9.17, 15) is 17.6 Å². The second-order valence-electron chi connectivity index (χ2n) is 5.79. The maximum absolute atomic E-state index is 13.7. The average Bonchev–Trinajstić information content (AvgIpc) is 2.93. The molecule has 1 saturated heterocycles. The molecule has 0 aromatic heterocycles. The summed E-state index contributed by atoms with van der Waals surface area (Å²) in [6.45, 7) is 0.465. The summed E-state index contributed by atoms with van der Waals surface area (Å²) in [6.07, 6.45) is 0. The molecule has 1 N–H and O–H groups in total. The Morgan fingerprint density at radius 2 is 2.12 bits per heavy atom. The Hall–Kier alpha value is -1.71. The van der Waals surface area contributed by atoms with Crippen LogP contribution >= 0.6 is 0 Å². The molecule has 0 spiro atoms. The minimum absolute atomic E-state index is 0.0469.